The van der Waals surface area contributed by atoms with Crippen LogP contribution in [-0.4, -0.2) is 32.5 Å². The molecule has 1 N–H and O–H groups in total. The van der Waals surface area contributed by atoms with Crippen molar-refractivity contribution >= 4 is 34.4 Å². The number of ether oxygens (including phenoxy) is 1. The average Bonchev–Trinajstić information content (AvgIpc) is 3.04. The Morgan fingerprint density at radius 2 is 1.64 bits per heavy atom. The molecule has 4 rings (SSSR count). The number of imide groups is 1. The summed E-state index contributed by atoms with van der Waals surface area (Å²) in [5.41, 5.74) is 2.81. The van der Waals surface area contributed by atoms with E-state index in [0.717, 1.165) is 10.6 Å². The smallest absolute Gasteiger partial charge is 0.282 e. The van der Waals surface area contributed by atoms with Crippen LogP contribution in [0.15, 0.2) is 78.5 Å². The van der Waals surface area contributed by atoms with E-state index in [1.165, 1.54) is 24.3 Å². The number of anilines is 3. The van der Waals surface area contributed by atoms with Gasteiger partial charge in [0, 0.05) is 31.5 Å². The van der Waals surface area contributed by atoms with Crippen LogP contribution in [0, 0.1) is 5.82 Å². The summed E-state index contributed by atoms with van der Waals surface area (Å²) in [6.07, 6.45) is 0. The van der Waals surface area contributed by atoms with E-state index < -0.39 is 17.6 Å². The van der Waals surface area contributed by atoms with Gasteiger partial charge in [-0.25, -0.2) is 9.29 Å². The van der Waals surface area contributed by atoms with Gasteiger partial charge in [0.15, 0.2) is 0 Å². The van der Waals surface area contributed by atoms with Crippen LogP contribution in [0.25, 0.3) is 5.57 Å². The van der Waals surface area contributed by atoms with Gasteiger partial charge in [-0.15, -0.1) is 0 Å². The molecule has 0 radical (unpaired) electrons. The van der Waals surface area contributed by atoms with E-state index in [4.69, 9.17) is 4.74 Å². The van der Waals surface area contributed by atoms with Crippen molar-refractivity contribution in [2.45, 2.75) is 6.92 Å². The Labute approximate surface area is 191 Å². The predicted octanol–water partition coefficient (Wildman–Crippen LogP) is 4.69. The molecule has 6 nitrogen and oxygen atoms in total. The van der Waals surface area contributed by atoms with E-state index in [1.54, 1.807) is 24.3 Å². The second kappa shape index (κ2) is 9.16. The molecule has 0 saturated heterocycles. The highest BCUT2D eigenvalue weighted by Gasteiger charge is 2.40. The Morgan fingerprint density at radius 3 is 2.27 bits per heavy atom. The number of nitrogens with zero attached hydrogens (tertiary/aromatic N) is 2. The number of hydrogen-bond donors (Lipinski definition) is 1. The molecular formula is C26H24FN3O3. The zero-order chi connectivity index (χ0) is 23.5. The zero-order valence-electron chi connectivity index (χ0n) is 18.6. The highest BCUT2D eigenvalue weighted by molar-refractivity contribution is 6.46. The quantitative estimate of drug-likeness (QED) is 0.535. The lowest BCUT2D eigenvalue weighted by atomic mass is 10.0. The summed E-state index contributed by atoms with van der Waals surface area (Å²) in [7, 11) is 3.87. The number of carbonyl (C=O) groups is 2. The molecule has 3 aromatic rings. The molecule has 3 aromatic carbocycles. The van der Waals surface area contributed by atoms with Crippen LogP contribution in [0.1, 0.15) is 12.5 Å². The summed E-state index contributed by atoms with van der Waals surface area (Å²) in [4.78, 5) is 30.0. The van der Waals surface area contributed by atoms with Crippen molar-refractivity contribution in [3.05, 3.63) is 89.9 Å². The minimum absolute atomic E-state index is 0.131. The molecule has 1 aliphatic rings. The molecular weight excluding hydrogens is 421 g/mol. The molecule has 0 bridgehead atoms. The van der Waals surface area contributed by atoms with Crippen LogP contribution < -0.4 is 19.9 Å². The topological polar surface area (TPSA) is 61.9 Å². The molecule has 0 atom stereocenters. The van der Waals surface area contributed by atoms with Gasteiger partial charge < -0.3 is 15.0 Å². The number of nitrogens with one attached hydrogen (secondary N) is 1. The van der Waals surface area contributed by atoms with Gasteiger partial charge in [0.25, 0.3) is 11.8 Å². The van der Waals surface area contributed by atoms with Gasteiger partial charge in [0.05, 0.1) is 17.9 Å². The van der Waals surface area contributed by atoms with Crippen LogP contribution in [0.3, 0.4) is 0 Å². The third-order valence-electron chi connectivity index (χ3n) is 5.26. The van der Waals surface area contributed by atoms with Gasteiger partial charge in [0.1, 0.15) is 17.3 Å². The highest BCUT2D eigenvalue weighted by atomic mass is 19.1. The van der Waals surface area contributed by atoms with E-state index >= 15 is 0 Å². The van der Waals surface area contributed by atoms with Crippen molar-refractivity contribution in [2.75, 3.05) is 35.8 Å². The van der Waals surface area contributed by atoms with Crippen LogP contribution in [-0.2, 0) is 9.59 Å². The largest absolute Gasteiger partial charge is 0.494 e. The first-order valence-corrected chi connectivity index (χ1v) is 10.6. The fourth-order valence-electron chi connectivity index (χ4n) is 3.63. The monoisotopic (exact) mass is 445 g/mol. The fourth-order valence-corrected chi connectivity index (χ4v) is 3.63. The van der Waals surface area contributed by atoms with Crippen molar-refractivity contribution in [1.82, 2.24) is 0 Å². The summed E-state index contributed by atoms with van der Waals surface area (Å²) in [5.74, 6) is -0.858. The van der Waals surface area contributed by atoms with Gasteiger partial charge >= 0.3 is 0 Å². The summed E-state index contributed by atoms with van der Waals surface area (Å²) in [5, 5.41) is 3.11. The summed E-state index contributed by atoms with van der Waals surface area (Å²) < 4.78 is 19.1. The molecule has 0 spiro atoms. The average molecular weight is 445 g/mol. The normalized spacial score (nSPS) is 13.5. The summed E-state index contributed by atoms with van der Waals surface area (Å²) in [6, 6.07) is 19.8. The van der Waals surface area contributed by atoms with Crippen molar-refractivity contribution in [3.63, 3.8) is 0 Å². The Bertz CT molecular complexity index is 1220. The maximum atomic E-state index is 13.5. The Morgan fingerprint density at radius 1 is 0.939 bits per heavy atom. The lowest BCUT2D eigenvalue weighted by Gasteiger charge is -2.17. The first kappa shape index (κ1) is 22.1. The maximum absolute atomic E-state index is 13.5. The molecule has 0 unspecified atom stereocenters. The van der Waals surface area contributed by atoms with E-state index in [0.29, 0.717) is 29.3 Å². The second-order valence-electron chi connectivity index (χ2n) is 7.70. The Kier molecular flexibility index (Phi) is 6.13. The highest BCUT2D eigenvalue weighted by Crippen LogP contribution is 2.35. The Hall–Kier alpha value is -4.13. The third kappa shape index (κ3) is 4.43. The molecule has 0 fully saturated rings. The number of benzene rings is 3. The van der Waals surface area contributed by atoms with Crippen molar-refractivity contribution in [2.24, 2.45) is 0 Å². The first-order valence-electron chi connectivity index (χ1n) is 10.6. The van der Waals surface area contributed by atoms with Crippen LogP contribution in [0.2, 0.25) is 0 Å². The first-order chi connectivity index (χ1) is 15.9. The number of carbonyl (C=O) groups excluding carboxylic acids is 2. The molecule has 1 aliphatic heterocycles. The van der Waals surface area contributed by atoms with Gasteiger partial charge in [-0.3, -0.25) is 9.59 Å². The molecule has 2 amide bonds. The number of amides is 2. The van der Waals surface area contributed by atoms with Crippen LogP contribution >= 0.6 is 0 Å². The van der Waals surface area contributed by atoms with E-state index in [2.05, 4.69) is 5.32 Å². The fraction of sp³-hybridized carbons (Fsp3) is 0.154. The lowest BCUT2D eigenvalue weighted by molar-refractivity contribution is -0.120. The van der Waals surface area contributed by atoms with Gasteiger partial charge in [0.2, 0.25) is 0 Å². The second-order valence-corrected chi connectivity index (χ2v) is 7.70. The van der Waals surface area contributed by atoms with Crippen LogP contribution in [0.4, 0.5) is 21.5 Å². The number of halogens is 1. The molecule has 1 heterocycles. The number of hydrogen-bond acceptors (Lipinski definition) is 5. The van der Waals surface area contributed by atoms with Gasteiger partial charge in [-0.1, -0.05) is 18.2 Å². The molecule has 0 aromatic heterocycles. The molecule has 7 heteroatoms. The third-order valence-corrected chi connectivity index (χ3v) is 5.26. The zero-order valence-corrected chi connectivity index (χ0v) is 18.6. The minimum Gasteiger partial charge on any atom is -0.494 e. The van der Waals surface area contributed by atoms with E-state index in [-0.39, 0.29) is 11.3 Å². The van der Waals surface area contributed by atoms with E-state index in [1.807, 2.05) is 50.2 Å². The summed E-state index contributed by atoms with van der Waals surface area (Å²) in [6.45, 7) is 2.32. The van der Waals surface area contributed by atoms with Crippen molar-refractivity contribution in [1.29, 1.82) is 0 Å². The predicted molar refractivity (Wildman–Crippen MR) is 128 cm³/mol. The lowest BCUT2D eigenvalue weighted by Crippen LogP contribution is -2.32. The molecule has 0 aliphatic carbocycles. The van der Waals surface area contributed by atoms with E-state index in [9.17, 15) is 14.0 Å². The maximum Gasteiger partial charge on any atom is 0.282 e. The minimum atomic E-state index is -0.496. The van der Waals surface area contributed by atoms with Crippen molar-refractivity contribution < 1.29 is 18.7 Å². The molecule has 0 saturated carbocycles. The number of rotatable bonds is 7. The molecule has 33 heavy (non-hydrogen) atoms. The van der Waals surface area contributed by atoms with Crippen LogP contribution in [0.5, 0.6) is 5.75 Å². The molecule has 168 valence electrons. The standard InChI is InChI=1S/C26H24FN3O3/c1-4-33-22-7-5-6-21(16-22)30-25(31)23(17-8-10-18(27)11-9-17)24(26(30)32)28-19-12-14-20(15-13-19)29(2)3/h5-16,28H,4H2,1-3H3. The van der Waals surface area contributed by atoms with Gasteiger partial charge in [-0.2, -0.15) is 0 Å². The Balaban J connectivity index is 1.76. The van der Waals surface area contributed by atoms with Gasteiger partial charge in [-0.05, 0) is 61.0 Å². The summed E-state index contributed by atoms with van der Waals surface area (Å²) >= 11 is 0. The SMILES string of the molecule is CCOc1cccc(N2C(=O)C(Nc3ccc(N(C)C)cc3)=C(c3ccc(F)cc3)C2=O)c1. The van der Waals surface area contributed by atoms with Crippen molar-refractivity contribution in [3.8, 4) is 5.75 Å².